The summed E-state index contributed by atoms with van der Waals surface area (Å²) in [5.41, 5.74) is 9.20. The number of hydrogen-bond donors (Lipinski definition) is 1. The molecule has 0 bridgehead atoms. The van der Waals surface area contributed by atoms with Gasteiger partial charge in [0.15, 0.2) is 0 Å². The lowest BCUT2D eigenvalue weighted by atomic mass is 10.2. The maximum Gasteiger partial charge on any atom is 0.0727 e. The molecule has 0 aliphatic heterocycles. The second-order valence-corrected chi connectivity index (χ2v) is 6.10. The zero-order chi connectivity index (χ0) is 14.5. The summed E-state index contributed by atoms with van der Waals surface area (Å²) in [7, 11) is 0. The van der Waals surface area contributed by atoms with Gasteiger partial charge < -0.3 is 5.73 Å². The fourth-order valence-corrected chi connectivity index (χ4v) is 3.20. The molecule has 4 heteroatoms. The molecular formula is C16H23N3S. The van der Waals surface area contributed by atoms with Crippen LogP contribution in [0.3, 0.4) is 0 Å². The predicted molar refractivity (Wildman–Crippen MR) is 87.0 cm³/mol. The normalized spacial score (nSPS) is 11.2. The Balaban J connectivity index is 2.02. The molecule has 1 heterocycles. The van der Waals surface area contributed by atoms with Crippen molar-refractivity contribution in [2.75, 3.05) is 5.73 Å². The molecule has 0 aliphatic rings. The van der Waals surface area contributed by atoms with Crippen molar-refractivity contribution >= 4 is 17.4 Å². The maximum absolute atomic E-state index is 6.00. The number of rotatable bonds is 6. The van der Waals surface area contributed by atoms with Crippen LogP contribution in [-0.4, -0.2) is 9.78 Å². The van der Waals surface area contributed by atoms with E-state index in [1.165, 1.54) is 5.56 Å². The molecule has 1 aromatic carbocycles. The highest BCUT2D eigenvalue weighted by atomic mass is 32.2. The van der Waals surface area contributed by atoms with Crippen molar-refractivity contribution in [2.45, 2.75) is 50.3 Å². The quantitative estimate of drug-likeness (QED) is 0.632. The first-order chi connectivity index (χ1) is 9.63. The minimum atomic E-state index is 0.512. The van der Waals surface area contributed by atoms with E-state index in [1.807, 2.05) is 12.1 Å². The number of aryl methyl sites for hydroxylation is 1. The molecule has 2 N–H and O–H groups in total. The molecule has 20 heavy (non-hydrogen) atoms. The summed E-state index contributed by atoms with van der Waals surface area (Å²) in [6.07, 6.45) is 4.33. The van der Waals surface area contributed by atoms with E-state index in [4.69, 9.17) is 5.73 Å². The van der Waals surface area contributed by atoms with Crippen LogP contribution in [0, 0.1) is 6.92 Å². The summed E-state index contributed by atoms with van der Waals surface area (Å²) in [5, 5.41) is 4.67. The van der Waals surface area contributed by atoms with Gasteiger partial charge in [0.1, 0.15) is 0 Å². The van der Waals surface area contributed by atoms with Crippen LogP contribution in [-0.2, 0) is 5.75 Å². The third-order valence-corrected chi connectivity index (χ3v) is 4.63. The summed E-state index contributed by atoms with van der Waals surface area (Å²) < 4.78 is 2.09. The van der Waals surface area contributed by atoms with Gasteiger partial charge in [0.25, 0.3) is 0 Å². The number of anilines is 1. The van der Waals surface area contributed by atoms with Crippen molar-refractivity contribution in [3.8, 4) is 0 Å². The minimum absolute atomic E-state index is 0.512. The van der Waals surface area contributed by atoms with E-state index in [2.05, 4.69) is 48.9 Å². The van der Waals surface area contributed by atoms with Crippen LogP contribution in [0.2, 0.25) is 0 Å². The van der Waals surface area contributed by atoms with E-state index in [0.29, 0.717) is 6.04 Å². The Labute approximate surface area is 125 Å². The van der Waals surface area contributed by atoms with E-state index in [1.54, 1.807) is 11.8 Å². The van der Waals surface area contributed by atoms with Crippen LogP contribution < -0.4 is 5.73 Å². The first-order valence-electron chi connectivity index (χ1n) is 7.17. The van der Waals surface area contributed by atoms with Crippen molar-refractivity contribution in [1.82, 2.24) is 9.78 Å². The van der Waals surface area contributed by atoms with Gasteiger partial charge >= 0.3 is 0 Å². The Kier molecular flexibility index (Phi) is 5.12. The van der Waals surface area contributed by atoms with Crippen LogP contribution >= 0.6 is 11.8 Å². The molecule has 0 saturated heterocycles. The van der Waals surface area contributed by atoms with Crippen LogP contribution in [0.1, 0.15) is 44.0 Å². The molecule has 2 aromatic rings. The molecule has 3 nitrogen and oxygen atoms in total. The van der Waals surface area contributed by atoms with Gasteiger partial charge in [0, 0.05) is 22.5 Å². The van der Waals surface area contributed by atoms with Crippen LogP contribution in [0.5, 0.6) is 0 Å². The Bertz CT molecular complexity index is 559. The Morgan fingerprint density at radius 1 is 1.25 bits per heavy atom. The van der Waals surface area contributed by atoms with E-state index in [-0.39, 0.29) is 0 Å². The first-order valence-corrected chi connectivity index (χ1v) is 8.15. The Hall–Kier alpha value is -1.42. The molecule has 1 aromatic heterocycles. The highest BCUT2D eigenvalue weighted by Gasteiger charge is 2.08. The van der Waals surface area contributed by atoms with Gasteiger partial charge in [0.05, 0.1) is 11.7 Å². The average molecular weight is 289 g/mol. The van der Waals surface area contributed by atoms with Gasteiger partial charge in [0.2, 0.25) is 0 Å². The molecule has 0 radical (unpaired) electrons. The summed E-state index contributed by atoms with van der Waals surface area (Å²) in [6.45, 7) is 6.50. The molecule has 0 saturated carbocycles. The van der Waals surface area contributed by atoms with Gasteiger partial charge in [-0.25, -0.2) is 0 Å². The zero-order valence-corrected chi connectivity index (χ0v) is 13.3. The molecule has 0 unspecified atom stereocenters. The molecule has 0 amide bonds. The van der Waals surface area contributed by atoms with Gasteiger partial charge in [-0.3, -0.25) is 4.68 Å². The number of nitrogens with two attached hydrogens (primary N) is 1. The molecule has 0 aliphatic carbocycles. The van der Waals surface area contributed by atoms with Gasteiger partial charge in [-0.2, -0.15) is 5.10 Å². The standard InChI is InChI=1S/C16H23N3S/c1-4-14(5-2)19-9-8-13(18-19)11-20-16-10-12(3)6-7-15(16)17/h6-10,14H,4-5,11,17H2,1-3H3. The highest BCUT2D eigenvalue weighted by Crippen LogP contribution is 2.28. The fourth-order valence-electron chi connectivity index (χ4n) is 2.24. The number of thioether (sulfide) groups is 1. The monoisotopic (exact) mass is 289 g/mol. The predicted octanol–water partition coefficient (Wildman–Crippen LogP) is 4.43. The third-order valence-electron chi connectivity index (χ3n) is 3.52. The smallest absolute Gasteiger partial charge is 0.0727 e. The molecule has 0 fully saturated rings. The van der Waals surface area contributed by atoms with E-state index in [0.717, 1.165) is 34.9 Å². The lowest BCUT2D eigenvalue weighted by Crippen LogP contribution is -2.07. The van der Waals surface area contributed by atoms with Crippen molar-refractivity contribution in [1.29, 1.82) is 0 Å². The topological polar surface area (TPSA) is 43.8 Å². The summed E-state index contributed by atoms with van der Waals surface area (Å²) in [4.78, 5) is 1.14. The number of aromatic nitrogens is 2. The summed E-state index contributed by atoms with van der Waals surface area (Å²) in [5.74, 6) is 0.862. The lowest BCUT2D eigenvalue weighted by molar-refractivity contribution is 0.426. The van der Waals surface area contributed by atoms with E-state index < -0.39 is 0 Å². The van der Waals surface area contributed by atoms with Crippen LogP contribution in [0.25, 0.3) is 0 Å². The number of nitrogens with zero attached hydrogens (tertiary/aromatic N) is 2. The Morgan fingerprint density at radius 3 is 2.70 bits per heavy atom. The molecular weight excluding hydrogens is 266 g/mol. The number of benzene rings is 1. The first kappa shape index (κ1) is 15.0. The van der Waals surface area contributed by atoms with Crippen molar-refractivity contribution in [2.24, 2.45) is 0 Å². The van der Waals surface area contributed by atoms with Gasteiger partial charge in [-0.05, 0) is 43.5 Å². The summed E-state index contributed by atoms with van der Waals surface area (Å²) >= 11 is 1.75. The fraction of sp³-hybridized carbons (Fsp3) is 0.438. The SMILES string of the molecule is CCC(CC)n1ccc(CSc2cc(C)ccc2N)n1. The van der Waals surface area contributed by atoms with E-state index in [9.17, 15) is 0 Å². The van der Waals surface area contributed by atoms with Crippen LogP contribution in [0.4, 0.5) is 5.69 Å². The third kappa shape index (κ3) is 3.57. The minimum Gasteiger partial charge on any atom is -0.398 e. The molecule has 108 valence electrons. The summed E-state index contributed by atoms with van der Waals surface area (Å²) in [6, 6.07) is 8.77. The number of nitrogen functional groups attached to an aromatic ring is 1. The highest BCUT2D eigenvalue weighted by molar-refractivity contribution is 7.98. The van der Waals surface area contributed by atoms with Gasteiger partial charge in [-0.1, -0.05) is 19.9 Å². The molecule has 2 rings (SSSR count). The molecule has 0 atom stereocenters. The largest absolute Gasteiger partial charge is 0.398 e. The molecule has 0 spiro atoms. The Morgan fingerprint density at radius 2 is 2.00 bits per heavy atom. The van der Waals surface area contributed by atoms with Crippen LogP contribution in [0.15, 0.2) is 35.4 Å². The second kappa shape index (κ2) is 6.84. The van der Waals surface area contributed by atoms with Crippen molar-refractivity contribution in [3.63, 3.8) is 0 Å². The number of hydrogen-bond acceptors (Lipinski definition) is 3. The lowest BCUT2D eigenvalue weighted by Gasteiger charge is -2.12. The zero-order valence-electron chi connectivity index (χ0n) is 12.5. The van der Waals surface area contributed by atoms with E-state index >= 15 is 0 Å². The van der Waals surface area contributed by atoms with Gasteiger partial charge in [-0.15, -0.1) is 11.8 Å². The van der Waals surface area contributed by atoms with Crippen molar-refractivity contribution in [3.05, 3.63) is 41.7 Å². The second-order valence-electron chi connectivity index (χ2n) is 5.09. The van der Waals surface area contributed by atoms with Crippen molar-refractivity contribution < 1.29 is 0 Å². The average Bonchev–Trinajstić information content (AvgIpc) is 2.90. The maximum atomic E-state index is 6.00.